The van der Waals surface area contributed by atoms with Crippen LogP contribution >= 0.6 is 0 Å². The van der Waals surface area contributed by atoms with Gasteiger partial charge in [-0.3, -0.25) is 33.8 Å². The number of carbonyl (C=O) groups excluding carboxylic acids is 6. The Morgan fingerprint density at radius 3 is 1.98 bits per heavy atom. The van der Waals surface area contributed by atoms with Gasteiger partial charge in [-0.1, -0.05) is 42.5 Å². The van der Waals surface area contributed by atoms with Crippen LogP contribution in [0.2, 0.25) is 0 Å². The van der Waals surface area contributed by atoms with Crippen LogP contribution in [0.3, 0.4) is 0 Å². The third-order valence-electron chi connectivity index (χ3n) is 8.23. The number of phenols is 1. The maximum atomic E-state index is 13.7. The predicted octanol–water partition coefficient (Wildman–Crippen LogP) is -2.34. The number of aliphatic imine (C=N–C) groups is 1. The minimum absolute atomic E-state index is 0.0133. The van der Waals surface area contributed by atoms with Gasteiger partial charge in [0.15, 0.2) is 5.96 Å². The van der Waals surface area contributed by atoms with Crippen LogP contribution in [-0.2, 0) is 41.6 Å². The Morgan fingerprint density at radius 2 is 1.41 bits per heavy atom. The SMILES string of the molecule is CC(=O)N[C@@H](Cc1ccccc1)C(=O)N[C@@H](Cc1ccc(O)cc1)C(=O)N[C@@H](CO)C(=O)N1CCC[C@H]1C(=O)N[C@@H](CCCN=C(N)N)C(N)=O. The summed E-state index contributed by atoms with van der Waals surface area (Å²) in [5, 5.41) is 30.3. The van der Waals surface area contributed by atoms with Crippen molar-refractivity contribution in [3.63, 3.8) is 0 Å². The molecular weight excluding hydrogens is 662 g/mol. The zero-order valence-corrected chi connectivity index (χ0v) is 28.4. The lowest BCUT2D eigenvalue weighted by molar-refractivity contribution is -0.143. The van der Waals surface area contributed by atoms with Crippen molar-refractivity contribution < 1.29 is 39.0 Å². The third kappa shape index (κ3) is 12.6. The number of aliphatic hydroxyl groups is 1. The second-order valence-corrected chi connectivity index (χ2v) is 12.2. The van der Waals surface area contributed by atoms with Gasteiger partial charge >= 0.3 is 0 Å². The molecule has 1 saturated heterocycles. The monoisotopic (exact) mass is 709 g/mol. The number of hydrogen-bond donors (Lipinski definition) is 9. The summed E-state index contributed by atoms with van der Waals surface area (Å²) in [4.78, 5) is 83.3. The van der Waals surface area contributed by atoms with E-state index in [-0.39, 0.29) is 50.5 Å². The van der Waals surface area contributed by atoms with E-state index in [1.165, 1.54) is 24.0 Å². The summed E-state index contributed by atoms with van der Waals surface area (Å²) in [5.74, 6) is -4.24. The molecule has 5 atom stereocenters. The van der Waals surface area contributed by atoms with Crippen LogP contribution < -0.4 is 38.5 Å². The van der Waals surface area contributed by atoms with Gasteiger partial charge in [0, 0.05) is 32.9 Å². The van der Waals surface area contributed by atoms with Gasteiger partial charge in [-0.05, 0) is 48.9 Å². The molecule has 17 nitrogen and oxygen atoms in total. The average molecular weight is 710 g/mol. The predicted molar refractivity (Wildman–Crippen MR) is 186 cm³/mol. The van der Waals surface area contributed by atoms with Gasteiger partial charge in [0.2, 0.25) is 35.4 Å². The molecule has 3 rings (SSSR count). The van der Waals surface area contributed by atoms with E-state index in [1.807, 2.05) is 6.07 Å². The van der Waals surface area contributed by atoms with Gasteiger partial charge in [-0.2, -0.15) is 0 Å². The number of carbonyl (C=O) groups is 6. The minimum Gasteiger partial charge on any atom is -0.508 e. The van der Waals surface area contributed by atoms with Crippen molar-refractivity contribution >= 4 is 41.4 Å². The summed E-state index contributed by atoms with van der Waals surface area (Å²) >= 11 is 0. The van der Waals surface area contributed by atoms with Crippen molar-refractivity contribution in [2.75, 3.05) is 19.7 Å². The summed E-state index contributed by atoms with van der Waals surface area (Å²) in [6.07, 6.45) is 1.24. The number of guanidine groups is 1. The van der Waals surface area contributed by atoms with Crippen LogP contribution in [0, 0.1) is 0 Å². The number of hydrogen-bond acceptors (Lipinski definition) is 9. The number of nitrogens with one attached hydrogen (secondary N) is 4. The normalized spacial score (nSPS) is 16.1. The summed E-state index contributed by atoms with van der Waals surface area (Å²) < 4.78 is 0. The summed E-state index contributed by atoms with van der Waals surface area (Å²) in [6.45, 7) is 0.786. The molecule has 0 aromatic heterocycles. The largest absolute Gasteiger partial charge is 0.508 e. The molecule has 6 amide bonds. The van der Waals surface area contributed by atoms with Crippen LogP contribution in [0.15, 0.2) is 59.6 Å². The highest BCUT2D eigenvalue weighted by atomic mass is 16.3. The Bertz CT molecular complexity index is 1550. The minimum atomic E-state index is -1.49. The van der Waals surface area contributed by atoms with Crippen molar-refractivity contribution in [3.05, 3.63) is 65.7 Å². The first-order valence-corrected chi connectivity index (χ1v) is 16.5. The molecule has 2 aromatic carbocycles. The fourth-order valence-corrected chi connectivity index (χ4v) is 5.67. The zero-order chi connectivity index (χ0) is 37.5. The molecule has 0 bridgehead atoms. The lowest BCUT2D eigenvalue weighted by atomic mass is 10.0. The van der Waals surface area contributed by atoms with E-state index >= 15 is 0 Å². The van der Waals surface area contributed by atoms with Gasteiger partial charge in [0.25, 0.3) is 0 Å². The van der Waals surface area contributed by atoms with Gasteiger partial charge in [0.05, 0.1) is 6.61 Å². The number of nitrogens with two attached hydrogens (primary N) is 3. The van der Waals surface area contributed by atoms with E-state index in [0.717, 1.165) is 5.56 Å². The van der Waals surface area contributed by atoms with Gasteiger partial charge in [-0.15, -0.1) is 0 Å². The number of nitrogens with zero attached hydrogens (tertiary/aromatic N) is 2. The van der Waals surface area contributed by atoms with Crippen LogP contribution in [0.4, 0.5) is 0 Å². The summed E-state index contributed by atoms with van der Waals surface area (Å²) in [5.41, 5.74) is 17.4. The van der Waals surface area contributed by atoms with Gasteiger partial charge in [-0.25, -0.2) is 0 Å². The molecule has 0 unspecified atom stereocenters. The van der Waals surface area contributed by atoms with Gasteiger partial charge < -0.3 is 53.6 Å². The Kier molecular flexibility index (Phi) is 15.2. The molecule has 0 aliphatic carbocycles. The highest BCUT2D eigenvalue weighted by Gasteiger charge is 2.39. The van der Waals surface area contributed by atoms with Gasteiger partial charge in [0.1, 0.15) is 36.0 Å². The number of likely N-dealkylation sites (tertiary alicyclic amines) is 1. The standard InChI is InChI=1S/C34H47N9O8/c1-20(45)39-25(17-21-7-3-2-4-8-21)30(48)41-26(18-22-11-13-23(46)14-12-22)31(49)42-27(19-44)33(51)43-16-6-10-28(43)32(50)40-24(29(35)47)9-5-15-38-34(36)37/h2-4,7-8,11-14,24-28,44,46H,5-6,9-10,15-19H2,1H3,(H2,35,47)(H,39,45)(H,40,50)(H,41,48)(H,42,49)(H4,36,37,38)/t24-,25-,26-,27-,28-/m0/s1. The van der Waals surface area contributed by atoms with Crippen molar-refractivity contribution in [1.82, 2.24) is 26.2 Å². The van der Waals surface area contributed by atoms with Crippen LogP contribution in [0.25, 0.3) is 0 Å². The maximum Gasteiger partial charge on any atom is 0.248 e. The molecule has 1 aliphatic heterocycles. The molecule has 17 heteroatoms. The van der Waals surface area contributed by atoms with E-state index in [9.17, 15) is 39.0 Å². The van der Waals surface area contributed by atoms with Crippen LogP contribution in [-0.4, -0.2) is 106 Å². The van der Waals surface area contributed by atoms with Crippen molar-refractivity contribution in [1.29, 1.82) is 0 Å². The number of phenolic OH excluding ortho intramolecular Hbond substituents is 1. The molecule has 2 aromatic rings. The highest BCUT2D eigenvalue weighted by molar-refractivity contribution is 5.96. The zero-order valence-electron chi connectivity index (χ0n) is 28.4. The molecule has 0 saturated carbocycles. The molecule has 12 N–H and O–H groups in total. The van der Waals surface area contributed by atoms with E-state index in [0.29, 0.717) is 18.4 Å². The number of amides is 6. The summed E-state index contributed by atoms with van der Waals surface area (Å²) in [7, 11) is 0. The third-order valence-corrected chi connectivity index (χ3v) is 8.23. The van der Waals surface area contributed by atoms with Crippen LogP contribution in [0.5, 0.6) is 5.75 Å². The van der Waals surface area contributed by atoms with Crippen LogP contribution in [0.1, 0.15) is 43.7 Å². The highest BCUT2D eigenvalue weighted by Crippen LogP contribution is 2.20. The Hall–Kier alpha value is -5.71. The lowest BCUT2D eigenvalue weighted by Crippen LogP contribution is -2.60. The van der Waals surface area contributed by atoms with Crippen molar-refractivity contribution in [2.24, 2.45) is 22.2 Å². The smallest absolute Gasteiger partial charge is 0.248 e. The number of aliphatic hydroxyl groups excluding tert-OH is 1. The first kappa shape index (κ1) is 39.7. The number of benzene rings is 2. The first-order valence-electron chi connectivity index (χ1n) is 16.5. The van der Waals surface area contributed by atoms with E-state index in [4.69, 9.17) is 17.2 Å². The molecule has 0 radical (unpaired) electrons. The number of primary amides is 1. The van der Waals surface area contributed by atoms with Crippen molar-refractivity contribution in [2.45, 2.75) is 75.7 Å². The molecule has 276 valence electrons. The topological polar surface area (TPSA) is 285 Å². The Morgan fingerprint density at radius 1 is 0.824 bits per heavy atom. The maximum absolute atomic E-state index is 13.7. The number of aromatic hydroxyl groups is 1. The second-order valence-electron chi connectivity index (χ2n) is 12.2. The molecule has 0 spiro atoms. The van der Waals surface area contributed by atoms with E-state index in [1.54, 1.807) is 36.4 Å². The molecule has 1 aliphatic rings. The van der Waals surface area contributed by atoms with E-state index in [2.05, 4.69) is 26.3 Å². The fraction of sp³-hybridized carbons (Fsp3) is 0.441. The summed E-state index contributed by atoms with van der Waals surface area (Å²) in [6, 6.07) is 8.99. The van der Waals surface area contributed by atoms with Crippen molar-refractivity contribution in [3.8, 4) is 5.75 Å². The fourth-order valence-electron chi connectivity index (χ4n) is 5.67. The molecular formula is C34H47N9O8. The lowest BCUT2D eigenvalue weighted by Gasteiger charge is -2.30. The number of rotatable bonds is 18. The molecule has 51 heavy (non-hydrogen) atoms. The van der Waals surface area contributed by atoms with E-state index < -0.39 is 72.3 Å². The molecule has 1 heterocycles. The second kappa shape index (κ2) is 19.5. The quantitative estimate of drug-likeness (QED) is 0.0452. The molecule has 1 fully saturated rings. The Balaban J connectivity index is 1.76. The Labute approximate surface area is 295 Å². The first-order chi connectivity index (χ1) is 24.3. The average Bonchev–Trinajstić information content (AvgIpc) is 3.59.